The van der Waals surface area contributed by atoms with Gasteiger partial charge in [0.05, 0.1) is 23.1 Å². The van der Waals surface area contributed by atoms with Gasteiger partial charge >= 0.3 is 0 Å². The molecule has 1 amide bonds. The number of hydrogen-bond donors (Lipinski definition) is 0. The lowest BCUT2D eigenvalue weighted by molar-refractivity contribution is 0.0784. The summed E-state index contributed by atoms with van der Waals surface area (Å²) in [6, 6.07) is 21.8. The standard InChI is InChI=1S/C24H22N4O/c1-18-8-11-22(12-9-18)28-17-21(15-26-28)23-13-10-20(14-25-23)24(29)27(2)16-19-6-4-3-5-7-19/h3-15,17H,16H2,1-2H3. The van der Waals surface area contributed by atoms with Crippen molar-refractivity contribution >= 4 is 5.91 Å². The Morgan fingerprint density at radius 2 is 1.72 bits per heavy atom. The minimum atomic E-state index is -0.0525. The van der Waals surface area contributed by atoms with Crippen LogP contribution in [0.1, 0.15) is 21.5 Å². The zero-order valence-electron chi connectivity index (χ0n) is 16.5. The normalized spacial score (nSPS) is 10.7. The lowest BCUT2D eigenvalue weighted by atomic mass is 10.1. The van der Waals surface area contributed by atoms with Gasteiger partial charge in [-0.15, -0.1) is 0 Å². The van der Waals surface area contributed by atoms with E-state index >= 15 is 0 Å². The third-order valence-electron chi connectivity index (χ3n) is 4.80. The minimum absolute atomic E-state index is 0.0525. The summed E-state index contributed by atoms with van der Waals surface area (Å²) in [5.74, 6) is -0.0525. The molecule has 2 aromatic carbocycles. The Labute approximate surface area is 170 Å². The molecule has 0 aliphatic carbocycles. The maximum absolute atomic E-state index is 12.7. The number of carbonyl (C=O) groups is 1. The highest BCUT2D eigenvalue weighted by Gasteiger charge is 2.13. The number of pyridine rings is 1. The van der Waals surface area contributed by atoms with Crippen LogP contribution in [0.2, 0.25) is 0 Å². The van der Waals surface area contributed by atoms with E-state index in [0.717, 1.165) is 22.5 Å². The van der Waals surface area contributed by atoms with Crippen LogP contribution in [0.4, 0.5) is 0 Å². The van der Waals surface area contributed by atoms with Crippen LogP contribution >= 0.6 is 0 Å². The highest BCUT2D eigenvalue weighted by molar-refractivity contribution is 5.94. The Balaban J connectivity index is 1.48. The number of nitrogens with zero attached hydrogens (tertiary/aromatic N) is 4. The predicted octanol–water partition coefficient (Wildman–Crippen LogP) is 4.51. The molecule has 0 aliphatic heterocycles. The second-order valence-corrected chi connectivity index (χ2v) is 7.09. The van der Waals surface area contributed by atoms with Crippen LogP contribution in [0, 0.1) is 6.92 Å². The van der Waals surface area contributed by atoms with Crippen molar-refractivity contribution in [3.63, 3.8) is 0 Å². The first-order valence-corrected chi connectivity index (χ1v) is 9.48. The molecule has 0 N–H and O–H groups in total. The molecule has 0 spiro atoms. The topological polar surface area (TPSA) is 51.0 Å². The van der Waals surface area contributed by atoms with Crippen molar-refractivity contribution in [2.24, 2.45) is 0 Å². The van der Waals surface area contributed by atoms with E-state index in [4.69, 9.17) is 0 Å². The van der Waals surface area contributed by atoms with Gasteiger partial charge in [0.15, 0.2) is 0 Å². The van der Waals surface area contributed by atoms with Crippen LogP contribution < -0.4 is 0 Å². The molecule has 29 heavy (non-hydrogen) atoms. The van der Waals surface area contributed by atoms with Gasteiger partial charge in [-0.3, -0.25) is 9.78 Å². The number of rotatable bonds is 5. The molecule has 4 aromatic rings. The van der Waals surface area contributed by atoms with Gasteiger partial charge in [0.1, 0.15) is 0 Å². The van der Waals surface area contributed by atoms with E-state index in [1.807, 2.05) is 65.5 Å². The molecule has 2 heterocycles. The van der Waals surface area contributed by atoms with Gasteiger partial charge in [0, 0.05) is 31.5 Å². The molecular formula is C24H22N4O. The van der Waals surface area contributed by atoms with E-state index in [1.54, 1.807) is 24.3 Å². The number of amides is 1. The molecule has 5 nitrogen and oxygen atoms in total. The Hall–Kier alpha value is -3.73. The minimum Gasteiger partial charge on any atom is -0.337 e. The highest BCUT2D eigenvalue weighted by Crippen LogP contribution is 2.19. The van der Waals surface area contributed by atoms with Gasteiger partial charge in [-0.2, -0.15) is 5.10 Å². The van der Waals surface area contributed by atoms with Crippen molar-refractivity contribution in [1.82, 2.24) is 19.7 Å². The third-order valence-corrected chi connectivity index (χ3v) is 4.80. The average Bonchev–Trinajstić information content (AvgIpc) is 3.25. The molecule has 0 bridgehead atoms. The Bertz CT molecular complexity index is 1100. The fraction of sp³-hybridized carbons (Fsp3) is 0.125. The van der Waals surface area contributed by atoms with Gasteiger partial charge < -0.3 is 4.90 Å². The summed E-state index contributed by atoms with van der Waals surface area (Å²) in [6.45, 7) is 2.62. The summed E-state index contributed by atoms with van der Waals surface area (Å²) in [5, 5.41) is 4.43. The fourth-order valence-corrected chi connectivity index (χ4v) is 3.13. The maximum atomic E-state index is 12.7. The Morgan fingerprint density at radius 3 is 2.41 bits per heavy atom. The number of carbonyl (C=O) groups excluding carboxylic acids is 1. The first-order valence-electron chi connectivity index (χ1n) is 9.48. The van der Waals surface area contributed by atoms with Gasteiger partial charge in [-0.25, -0.2) is 4.68 Å². The zero-order valence-corrected chi connectivity index (χ0v) is 16.5. The summed E-state index contributed by atoms with van der Waals surface area (Å²) >= 11 is 0. The molecular weight excluding hydrogens is 360 g/mol. The van der Waals surface area contributed by atoms with Crippen LogP contribution in [0.15, 0.2) is 85.3 Å². The van der Waals surface area contributed by atoms with Crippen LogP contribution in [-0.4, -0.2) is 32.6 Å². The largest absolute Gasteiger partial charge is 0.337 e. The summed E-state index contributed by atoms with van der Waals surface area (Å²) in [7, 11) is 1.80. The van der Waals surface area contributed by atoms with Crippen molar-refractivity contribution < 1.29 is 4.79 Å². The number of aromatic nitrogens is 3. The molecule has 2 aromatic heterocycles. The monoisotopic (exact) mass is 382 g/mol. The second kappa shape index (κ2) is 8.10. The number of benzene rings is 2. The molecule has 0 saturated carbocycles. The third kappa shape index (κ3) is 4.24. The molecule has 0 aliphatic rings. The molecule has 4 rings (SSSR count). The summed E-state index contributed by atoms with van der Waals surface area (Å²) in [6.07, 6.45) is 5.35. The van der Waals surface area contributed by atoms with E-state index in [0.29, 0.717) is 12.1 Å². The molecule has 0 atom stereocenters. The first kappa shape index (κ1) is 18.6. The van der Waals surface area contributed by atoms with Crippen molar-refractivity contribution in [1.29, 1.82) is 0 Å². The van der Waals surface area contributed by atoms with E-state index in [2.05, 4.69) is 29.1 Å². The SMILES string of the molecule is Cc1ccc(-n2cc(-c3ccc(C(=O)N(C)Cc4ccccc4)cn3)cn2)cc1. The first-order chi connectivity index (χ1) is 14.1. The van der Waals surface area contributed by atoms with E-state index in [-0.39, 0.29) is 5.91 Å². The lowest BCUT2D eigenvalue weighted by Gasteiger charge is -2.17. The van der Waals surface area contributed by atoms with Crippen molar-refractivity contribution in [2.45, 2.75) is 13.5 Å². The molecule has 144 valence electrons. The highest BCUT2D eigenvalue weighted by atomic mass is 16.2. The van der Waals surface area contributed by atoms with E-state index in [1.165, 1.54) is 5.56 Å². The summed E-state index contributed by atoms with van der Waals surface area (Å²) in [4.78, 5) is 18.9. The van der Waals surface area contributed by atoms with Crippen molar-refractivity contribution in [2.75, 3.05) is 7.05 Å². The van der Waals surface area contributed by atoms with Gasteiger partial charge in [0.2, 0.25) is 0 Å². The number of aryl methyl sites for hydroxylation is 1. The van der Waals surface area contributed by atoms with Crippen LogP contribution in [0.5, 0.6) is 0 Å². The lowest BCUT2D eigenvalue weighted by Crippen LogP contribution is -2.26. The van der Waals surface area contributed by atoms with E-state index in [9.17, 15) is 4.79 Å². The van der Waals surface area contributed by atoms with Crippen molar-refractivity contribution in [3.8, 4) is 16.9 Å². The maximum Gasteiger partial charge on any atom is 0.255 e. The summed E-state index contributed by atoms with van der Waals surface area (Å²) in [5.41, 5.74) is 5.55. The molecule has 5 heteroatoms. The Morgan fingerprint density at radius 1 is 0.966 bits per heavy atom. The quantitative estimate of drug-likeness (QED) is 0.510. The zero-order chi connectivity index (χ0) is 20.2. The fourth-order valence-electron chi connectivity index (χ4n) is 3.13. The molecule has 0 unspecified atom stereocenters. The van der Waals surface area contributed by atoms with Gasteiger partial charge in [0.25, 0.3) is 5.91 Å². The second-order valence-electron chi connectivity index (χ2n) is 7.09. The molecule has 0 radical (unpaired) electrons. The van der Waals surface area contributed by atoms with Crippen molar-refractivity contribution in [3.05, 3.63) is 102 Å². The summed E-state index contributed by atoms with van der Waals surface area (Å²) < 4.78 is 1.82. The average molecular weight is 382 g/mol. The van der Waals surface area contributed by atoms with Crippen LogP contribution in [0.25, 0.3) is 16.9 Å². The smallest absolute Gasteiger partial charge is 0.255 e. The number of hydrogen-bond acceptors (Lipinski definition) is 3. The van der Waals surface area contributed by atoms with Crippen LogP contribution in [-0.2, 0) is 6.54 Å². The van der Waals surface area contributed by atoms with Crippen LogP contribution in [0.3, 0.4) is 0 Å². The van der Waals surface area contributed by atoms with Gasteiger partial charge in [-0.1, -0.05) is 48.0 Å². The molecule has 0 saturated heterocycles. The van der Waals surface area contributed by atoms with Gasteiger partial charge in [-0.05, 0) is 36.8 Å². The molecule has 0 fully saturated rings. The van der Waals surface area contributed by atoms with E-state index < -0.39 is 0 Å². The predicted molar refractivity (Wildman–Crippen MR) is 114 cm³/mol. The Kier molecular flexibility index (Phi) is 5.20.